The van der Waals surface area contributed by atoms with Crippen molar-refractivity contribution in [3.8, 4) is 17.2 Å². The van der Waals surface area contributed by atoms with Crippen LogP contribution in [0, 0.1) is 0 Å². The first-order valence-electron chi connectivity index (χ1n) is 15.2. The third kappa shape index (κ3) is 7.47. The Morgan fingerprint density at radius 1 is 1.04 bits per heavy atom. The van der Waals surface area contributed by atoms with E-state index in [9.17, 15) is 9.59 Å². The Morgan fingerprint density at radius 2 is 1.80 bits per heavy atom. The van der Waals surface area contributed by atoms with Crippen LogP contribution in [-0.4, -0.2) is 24.2 Å². The minimum absolute atomic E-state index is 0.188. The lowest BCUT2D eigenvalue weighted by Gasteiger charge is -2.25. The van der Waals surface area contributed by atoms with Crippen LogP contribution in [0.1, 0.15) is 36.6 Å². The van der Waals surface area contributed by atoms with Gasteiger partial charge in [-0.3, -0.25) is 14.2 Å². The summed E-state index contributed by atoms with van der Waals surface area (Å²) in [5, 5.41) is 4.01. The number of ether oxygens (including phenoxy) is 3. The number of thiazole rings is 1. The van der Waals surface area contributed by atoms with E-state index in [1.165, 1.54) is 11.3 Å². The van der Waals surface area contributed by atoms with Gasteiger partial charge in [0.25, 0.3) is 11.5 Å². The summed E-state index contributed by atoms with van der Waals surface area (Å²) in [6, 6.07) is 24.7. The first-order chi connectivity index (χ1) is 23.7. The molecule has 0 saturated heterocycles. The van der Waals surface area contributed by atoms with E-state index in [1.807, 2.05) is 67.6 Å². The number of allylic oxidation sites excluding steroid dienone is 1. The van der Waals surface area contributed by atoms with Gasteiger partial charge in [-0.25, -0.2) is 4.99 Å². The van der Waals surface area contributed by atoms with Gasteiger partial charge in [0.15, 0.2) is 16.3 Å². The van der Waals surface area contributed by atoms with Gasteiger partial charge < -0.3 is 19.5 Å². The lowest BCUT2D eigenvalue weighted by atomic mass is 9.95. The Bertz CT molecular complexity index is 2250. The van der Waals surface area contributed by atoms with Gasteiger partial charge in [-0.2, -0.15) is 0 Å². The molecule has 0 radical (unpaired) electrons. The summed E-state index contributed by atoms with van der Waals surface area (Å²) in [7, 11) is 1.54. The largest absolute Gasteiger partial charge is 0.494 e. The highest BCUT2D eigenvalue weighted by Gasteiger charge is 2.32. The van der Waals surface area contributed by atoms with E-state index in [0.29, 0.717) is 70.2 Å². The molecule has 1 atom stereocenters. The Labute approximate surface area is 305 Å². The fraction of sp³-hybridized carbons (Fsp3) is 0.162. The molecule has 0 spiro atoms. The quantitative estimate of drug-likeness (QED) is 0.156. The number of nitrogens with one attached hydrogen (secondary N) is 1. The first-order valence-corrected chi connectivity index (χ1v) is 17.6. The van der Waals surface area contributed by atoms with Crippen molar-refractivity contribution in [2.24, 2.45) is 4.99 Å². The molecule has 1 aliphatic heterocycles. The zero-order chi connectivity index (χ0) is 34.7. The first kappa shape index (κ1) is 34.5. The minimum Gasteiger partial charge on any atom is -0.494 e. The van der Waals surface area contributed by atoms with E-state index in [2.05, 4.69) is 21.2 Å². The fourth-order valence-corrected chi connectivity index (χ4v) is 7.55. The van der Waals surface area contributed by atoms with Gasteiger partial charge in [0.1, 0.15) is 12.4 Å². The Morgan fingerprint density at radius 3 is 2.49 bits per heavy atom. The van der Waals surface area contributed by atoms with Crippen LogP contribution >= 0.6 is 50.5 Å². The second-order valence-electron chi connectivity index (χ2n) is 11.0. The van der Waals surface area contributed by atoms with E-state index in [-0.39, 0.29) is 18.1 Å². The number of para-hydroxylation sites is 1. The van der Waals surface area contributed by atoms with Crippen LogP contribution in [0.15, 0.2) is 110 Å². The highest BCUT2D eigenvalue weighted by molar-refractivity contribution is 9.10. The number of fused-ring (bicyclic) bond motifs is 1. The molecule has 49 heavy (non-hydrogen) atoms. The number of carbonyl (C=O) groups excluding carboxylic acids is 1. The fourth-order valence-electron chi connectivity index (χ4n) is 5.46. The molecular weight excluding hydrogens is 749 g/mol. The molecule has 0 fully saturated rings. The van der Waals surface area contributed by atoms with Crippen molar-refractivity contribution in [1.29, 1.82) is 0 Å². The SMILES string of the molecule is CCOc1ccc([C@H]2C(C(=O)Nc3ccccc3)=C(C)N=c3s/c(=C\c4cc(Br)c(OCc5ccc(Cl)cc5Cl)c(OC)c4)c(=O)n32)cc1. The van der Waals surface area contributed by atoms with E-state index in [1.54, 1.807) is 48.9 Å². The van der Waals surface area contributed by atoms with Crippen molar-refractivity contribution < 1.29 is 19.0 Å². The third-order valence-corrected chi connectivity index (χ3v) is 9.90. The number of hydrogen-bond acceptors (Lipinski definition) is 7. The van der Waals surface area contributed by atoms with Crippen LogP contribution in [0.5, 0.6) is 17.2 Å². The molecular formula is C37H30BrCl2N3O5S. The summed E-state index contributed by atoms with van der Waals surface area (Å²) in [6.07, 6.45) is 1.77. The number of halogens is 3. The summed E-state index contributed by atoms with van der Waals surface area (Å²) < 4.78 is 20.1. The molecule has 1 N–H and O–H groups in total. The van der Waals surface area contributed by atoms with Crippen LogP contribution in [0.3, 0.4) is 0 Å². The number of aromatic nitrogens is 1. The lowest BCUT2D eigenvalue weighted by molar-refractivity contribution is -0.113. The standard InChI is InChI=1S/C37H30BrCl2N3O5S/c1-4-47-27-14-11-23(12-15-27)33-32(35(44)42-26-8-6-5-7-9-26)21(2)41-37-43(33)36(45)31(49-37)18-22-16-28(38)34(30(17-22)46-3)48-20-24-10-13-25(39)19-29(24)40/h5-19,33H,4,20H2,1-3H3,(H,42,44)/b31-18-/t33-/m0/s1. The average molecular weight is 780 g/mol. The zero-order valence-corrected chi connectivity index (χ0v) is 30.5. The summed E-state index contributed by atoms with van der Waals surface area (Å²) in [5.41, 5.74) is 3.45. The number of methoxy groups -OCH3 is 1. The third-order valence-electron chi connectivity index (χ3n) is 7.74. The Balaban J connectivity index is 1.40. The zero-order valence-electron chi connectivity index (χ0n) is 26.6. The van der Waals surface area contributed by atoms with E-state index >= 15 is 0 Å². The molecule has 6 rings (SSSR count). The van der Waals surface area contributed by atoms with Gasteiger partial charge in [-0.15, -0.1) is 0 Å². The Kier molecular flexibility index (Phi) is 10.6. The summed E-state index contributed by atoms with van der Waals surface area (Å²) >= 11 is 17.2. The topological polar surface area (TPSA) is 91.2 Å². The van der Waals surface area contributed by atoms with Crippen LogP contribution in [0.4, 0.5) is 5.69 Å². The van der Waals surface area contributed by atoms with Crippen LogP contribution in [0.25, 0.3) is 6.08 Å². The maximum atomic E-state index is 14.2. The number of nitrogens with zero attached hydrogens (tertiary/aromatic N) is 2. The van der Waals surface area contributed by atoms with Crippen LogP contribution in [-0.2, 0) is 11.4 Å². The molecule has 1 aliphatic rings. The summed E-state index contributed by atoms with van der Waals surface area (Å²) in [5.74, 6) is 1.29. The molecule has 8 nitrogen and oxygen atoms in total. The molecule has 1 amide bonds. The van der Waals surface area contributed by atoms with Crippen molar-refractivity contribution in [1.82, 2.24) is 4.57 Å². The molecule has 0 aliphatic carbocycles. The van der Waals surface area contributed by atoms with E-state index in [0.717, 1.165) is 11.1 Å². The monoisotopic (exact) mass is 777 g/mol. The van der Waals surface area contributed by atoms with Crippen LogP contribution in [0.2, 0.25) is 10.0 Å². The van der Waals surface area contributed by atoms with Crippen molar-refractivity contribution in [2.45, 2.75) is 26.5 Å². The maximum Gasteiger partial charge on any atom is 0.271 e. The molecule has 0 saturated carbocycles. The molecule has 2 heterocycles. The van der Waals surface area contributed by atoms with Crippen LogP contribution < -0.4 is 34.4 Å². The number of benzene rings is 4. The van der Waals surface area contributed by atoms with Gasteiger partial charge in [-0.05, 0) is 95.5 Å². The highest BCUT2D eigenvalue weighted by Crippen LogP contribution is 2.38. The second kappa shape index (κ2) is 15.0. The van der Waals surface area contributed by atoms with E-state index < -0.39 is 6.04 Å². The predicted octanol–water partition coefficient (Wildman–Crippen LogP) is 7.93. The number of rotatable bonds is 10. The van der Waals surface area contributed by atoms with Gasteiger partial charge in [0.2, 0.25) is 0 Å². The van der Waals surface area contributed by atoms with Gasteiger partial charge in [0.05, 0.1) is 40.0 Å². The molecule has 12 heteroatoms. The maximum absolute atomic E-state index is 14.2. The smallest absolute Gasteiger partial charge is 0.271 e. The average Bonchev–Trinajstić information content (AvgIpc) is 3.38. The molecule has 250 valence electrons. The van der Waals surface area contributed by atoms with Crippen molar-refractivity contribution in [3.05, 3.63) is 147 Å². The van der Waals surface area contributed by atoms with Crippen molar-refractivity contribution in [3.63, 3.8) is 0 Å². The highest BCUT2D eigenvalue weighted by atomic mass is 79.9. The predicted molar refractivity (Wildman–Crippen MR) is 198 cm³/mol. The molecule has 0 unspecified atom stereocenters. The van der Waals surface area contributed by atoms with Gasteiger partial charge in [-0.1, -0.05) is 70.9 Å². The number of anilines is 1. The molecule has 4 aromatic carbocycles. The van der Waals surface area contributed by atoms with Crippen molar-refractivity contribution in [2.75, 3.05) is 19.0 Å². The number of carbonyl (C=O) groups is 1. The van der Waals surface area contributed by atoms with Crippen molar-refractivity contribution >= 4 is 68.1 Å². The molecule has 0 bridgehead atoms. The number of hydrogen-bond donors (Lipinski definition) is 1. The molecule has 1 aromatic heterocycles. The molecule has 5 aromatic rings. The van der Waals surface area contributed by atoms with Gasteiger partial charge in [0, 0.05) is 21.3 Å². The Hall–Kier alpha value is -4.35. The summed E-state index contributed by atoms with van der Waals surface area (Å²) in [6.45, 7) is 4.41. The normalized spacial score (nSPS) is 14.2. The lowest BCUT2D eigenvalue weighted by Crippen LogP contribution is -2.40. The summed E-state index contributed by atoms with van der Waals surface area (Å²) in [4.78, 5) is 33.3. The van der Waals surface area contributed by atoms with E-state index in [4.69, 9.17) is 42.4 Å². The van der Waals surface area contributed by atoms with Gasteiger partial charge >= 0.3 is 0 Å². The number of amides is 1. The minimum atomic E-state index is -0.727. The second-order valence-corrected chi connectivity index (χ2v) is 13.7.